The van der Waals surface area contributed by atoms with Crippen molar-refractivity contribution in [3.05, 3.63) is 12.2 Å². The van der Waals surface area contributed by atoms with E-state index in [-0.39, 0.29) is 0 Å². The Balaban J connectivity index is 0. The minimum atomic E-state index is 0.313. The summed E-state index contributed by atoms with van der Waals surface area (Å²) in [5.41, 5.74) is 5.70. The fourth-order valence-corrected chi connectivity index (χ4v) is 2.71. The molecule has 0 aromatic carbocycles. The van der Waals surface area contributed by atoms with Crippen molar-refractivity contribution in [2.45, 2.75) is 116 Å². The third-order valence-electron chi connectivity index (χ3n) is 4.15. The highest BCUT2D eigenvalue weighted by molar-refractivity contribution is 4.83. The number of nitrogens with zero attached hydrogens (tertiary/aromatic N) is 1. The van der Waals surface area contributed by atoms with E-state index in [2.05, 4.69) is 32.6 Å². The topological polar surface area (TPSA) is 49.8 Å². The molecule has 23 heavy (non-hydrogen) atoms. The highest BCUT2D eigenvalue weighted by atomic mass is 14.6. The summed E-state index contributed by atoms with van der Waals surface area (Å²) in [6, 6.07) is 0.313. The Kier molecular flexibility index (Phi) is 24.9. The van der Waals surface area contributed by atoms with Gasteiger partial charge in [0.25, 0.3) is 0 Å². The summed E-state index contributed by atoms with van der Waals surface area (Å²) in [4.78, 5) is 0. The maximum Gasteiger partial charge on any atom is 0.0462 e. The molecule has 0 aromatic heterocycles. The summed E-state index contributed by atoms with van der Waals surface area (Å²) in [6.45, 7) is 7.85. The molecule has 0 aliphatic heterocycles. The van der Waals surface area contributed by atoms with Gasteiger partial charge in [-0.1, -0.05) is 96.1 Å². The first-order valence-electron chi connectivity index (χ1n) is 9.93. The summed E-state index contributed by atoms with van der Waals surface area (Å²) in [7, 11) is 0. The van der Waals surface area contributed by atoms with Crippen LogP contribution in [0.5, 0.6) is 0 Å². The van der Waals surface area contributed by atoms with Gasteiger partial charge in [-0.15, -0.1) is 0 Å². The van der Waals surface area contributed by atoms with Gasteiger partial charge in [-0.3, -0.25) is 0 Å². The van der Waals surface area contributed by atoms with Crippen LogP contribution < -0.4 is 5.73 Å². The number of hydrogen-bond acceptors (Lipinski definition) is 2. The summed E-state index contributed by atoms with van der Waals surface area (Å²) in [5.74, 6) is 0. The van der Waals surface area contributed by atoms with Gasteiger partial charge >= 0.3 is 0 Å². The Hall–Kier alpha value is -0.810. The Bertz CT molecular complexity index is 243. The number of rotatable bonds is 16. The predicted octanol–water partition coefficient (Wildman–Crippen LogP) is 6.90. The molecule has 0 radical (unpaired) electrons. The van der Waals surface area contributed by atoms with Crippen LogP contribution >= 0.6 is 0 Å². The van der Waals surface area contributed by atoms with Crippen molar-refractivity contribution < 1.29 is 0 Å². The van der Waals surface area contributed by atoms with E-state index >= 15 is 0 Å². The lowest BCUT2D eigenvalue weighted by atomic mass is 10.0. The second-order valence-electron chi connectivity index (χ2n) is 6.72. The molecule has 0 rings (SSSR count). The molecule has 0 aliphatic rings. The molecule has 2 nitrogen and oxygen atoms in total. The van der Waals surface area contributed by atoms with E-state index in [1.165, 1.54) is 89.9 Å². The van der Waals surface area contributed by atoms with Gasteiger partial charge in [0, 0.05) is 12.6 Å². The van der Waals surface area contributed by atoms with Gasteiger partial charge in [0.05, 0.1) is 0 Å². The summed E-state index contributed by atoms with van der Waals surface area (Å²) < 4.78 is 0. The fraction of sp³-hybridized carbons (Fsp3) is 0.857. The molecule has 0 saturated heterocycles. The van der Waals surface area contributed by atoms with Crippen molar-refractivity contribution in [3.8, 4) is 6.57 Å². The van der Waals surface area contributed by atoms with E-state index in [0.29, 0.717) is 6.04 Å². The van der Waals surface area contributed by atoms with E-state index in [1.54, 1.807) is 0 Å². The van der Waals surface area contributed by atoms with Crippen LogP contribution in [0.25, 0.3) is 0 Å². The fourth-order valence-electron chi connectivity index (χ4n) is 2.71. The third-order valence-corrected chi connectivity index (χ3v) is 4.15. The second kappa shape index (κ2) is 23.5. The molecular formula is C21H42N2. The zero-order valence-electron chi connectivity index (χ0n) is 15.9. The molecule has 0 fully saturated rings. The van der Waals surface area contributed by atoms with Crippen molar-refractivity contribution >= 4 is 0 Å². The molecule has 0 saturated carbocycles. The summed E-state index contributed by atoms with van der Waals surface area (Å²) in [6.07, 6.45) is 25.5. The second-order valence-corrected chi connectivity index (χ2v) is 6.72. The van der Waals surface area contributed by atoms with Crippen LogP contribution in [0.3, 0.4) is 0 Å². The average molecular weight is 323 g/mol. The van der Waals surface area contributed by atoms with Crippen molar-refractivity contribution in [2.75, 3.05) is 0 Å². The van der Waals surface area contributed by atoms with Gasteiger partial charge in [0.15, 0.2) is 0 Å². The van der Waals surface area contributed by atoms with Gasteiger partial charge in [0.1, 0.15) is 0 Å². The first kappa shape index (κ1) is 24.4. The largest absolute Gasteiger partial charge is 0.328 e. The number of nitriles is 1. The van der Waals surface area contributed by atoms with Gasteiger partial charge in [-0.05, 0) is 26.2 Å². The highest BCUT2D eigenvalue weighted by Gasteiger charge is 1.93. The van der Waals surface area contributed by atoms with E-state index < -0.39 is 0 Å². The molecule has 1 unspecified atom stereocenters. The van der Waals surface area contributed by atoms with Crippen molar-refractivity contribution in [3.63, 3.8) is 0 Å². The maximum atomic E-state index is 6.50. The SMILES string of the molecule is C#N.CCCCCCCCCCCCCCC/C=C/CC(C)N. The lowest BCUT2D eigenvalue weighted by molar-refractivity contribution is 0.540. The van der Waals surface area contributed by atoms with Gasteiger partial charge in [-0.25, -0.2) is 5.26 Å². The summed E-state index contributed by atoms with van der Waals surface area (Å²) >= 11 is 0. The molecule has 0 heterocycles. The number of hydrogen-bond donors (Lipinski definition) is 1. The third kappa shape index (κ3) is 26.4. The van der Waals surface area contributed by atoms with Crippen LogP contribution in [0.15, 0.2) is 12.2 Å². The van der Waals surface area contributed by atoms with Crippen molar-refractivity contribution in [2.24, 2.45) is 5.73 Å². The monoisotopic (exact) mass is 322 g/mol. The standard InChI is InChI=1S/C20H41N.CHN/c1-3-4-5-6-7-8-9-10-11-12-13-14-15-16-17-18-19-20(2)21;1-2/h17-18,20H,3-16,19,21H2,1-2H3;1H/b18-17+;. The normalized spacial score (nSPS) is 12.0. The van der Waals surface area contributed by atoms with Crippen LogP contribution in [0.1, 0.15) is 110 Å². The lowest BCUT2D eigenvalue weighted by Crippen LogP contribution is -2.12. The molecule has 0 aliphatic carbocycles. The molecule has 136 valence electrons. The molecule has 1 atom stereocenters. The molecule has 2 heteroatoms. The van der Waals surface area contributed by atoms with Gasteiger partial charge in [0.2, 0.25) is 0 Å². The van der Waals surface area contributed by atoms with Crippen LogP contribution in [0.4, 0.5) is 0 Å². The smallest absolute Gasteiger partial charge is 0.0462 e. The minimum absolute atomic E-state index is 0.313. The maximum absolute atomic E-state index is 6.50. The number of nitrogens with two attached hydrogens (primary N) is 1. The molecule has 0 aromatic rings. The lowest BCUT2D eigenvalue weighted by Gasteiger charge is -2.02. The quantitative estimate of drug-likeness (QED) is 0.248. The molecular weight excluding hydrogens is 280 g/mol. The first-order valence-corrected chi connectivity index (χ1v) is 9.93. The highest BCUT2D eigenvalue weighted by Crippen LogP contribution is 2.13. The Morgan fingerprint density at radius 3 is 1.52 bits per heavy atom. The molecule has 0 bridgehead atoms. The van der Waals surface area contributed by atoms with Gasteiger partial charge in [-0.2, -0.15) is 0 Å². The van der Waals surface area contributed by atoms with Crippen LogP contribution in [-0.4, -0.2) is 6.04 Å². The van der Waals surface area contributed by atoms with E-state index in [0.717, 1.165) is 6.42 Å². The van der Waals surface area contributed by atoms with E-state index in [9.17, 15) is 0 Å². The van der Waals surface area contributed by atoms with Crippen LogP contribution in [-0.2, 0) is 0 Å². The molecule has 2 N–H and O–H groups in total. The average Bonchev–Trinajstić information content (AvgIpc) is 2.56. The zero-order valence-corrected chi connectivity index (χ0v) is 15.9. The van der Waals surface area contributed by atoms with Crippen LogP contribution in [0.2, 0.25) is 0 Å². The number of unbranched alkanes of at least 4 members (excludes halogenated alkanes) is 13. The predicted molar refractivity (Wildman–Crippen MR) is 104 cm³/mol. The van der Waals surface area contributed by atoms with Gasteiger partial charge < -0.3 is 5.73 Å². The van der Waals surface area contributed by atoms with Crippen LogP contribution in [0, 0.1) is 11.8 Å². The van der Waals surface area contributed by atoms with Crippen molar-refractivity contribution in [1.82, 2.24) is 0 Å². The number of allylic oxidation sites excluding steroid dienone is 1. The van der Waals surface area contributed by atoms with E-state index in [1.807, 2.05) is 0 Å². The molecule has 0 spiro atoms. The minimum Gasteiger partial charge on any atom is -0.328 e. The van der Waals surface area contributed by atoms with Crippen molar-refractivity contribution in [1.29, 1.82) is 5.26 Å². The Labute approximate surface area is 146 Å². The van der Waals surface area contributed by atoms with E-state index in [4.69, 9.17) is 11.0 Å². The Morgan fingerprint density at radius 2 is 1.13 bits per heavy atom. The summed E-state index contributed by atoms with van der Waals surface area (Å²) in [5, 5.41) is 6.50. The Morgan fingerprint density at radius 1 is 0.739 bits per heavy atom. The zero-order chi connectivity index (χ0) is 17.6. The molecule has 0 amide bonds. The first-order chi connectivity index (χ1) is 11.3.